The van der Waals surface area contributed by atoms with Gasteiger partial charge in [-0.05, 0) is 77.0 Å². The van der Waals surface area contributed by atoms with Gasteiger partial charge in [-0.15, -0.1) is 0 Å². The number of aliphatic hydroxyl groups is 2. The highest BCUT2D eigenvalue weighted by Gasteiger charge is 2.20. The standard InChI is InChI=1S/C76H147NO5/c1-3-5-7-9-11-13-15-17-19-20-21-32-35-38-41-44-48-52-56-60-64-68-74(79)73(72-78)77-75(80)69-65-61-57-53-49-45-42-39-36-33-30-28-26-24-22-23-25-27-29-31-34-37-40-43-47-51-55-59-63-67-71-82-76(81)70-66-62-58-54-50-46-18-16-14-12-10-8-6-4-2/h16,18,23,25,73-74,78-79H,3-15,17,19-22,24,26-72H2,1-2H3,(H,77,80)/b18-16-,25-23-. The molecule has 0 aromatic rings. The van der Waals surface area contributed by atoms with Crippen LogP contribution in [0.5, 0.6) is 0 Å². The molecular formula is C76H147NO5. The van der Waals surface area contributed by atoms with Crippen LogP contribution >= 0.6 is 0 Å². The second-order valence-corrected chi connectivity index (χ2v) is 26.0. The van der Waals surface area contributed by atoms with Crippen LogP contribution in [0.4, 0.5) is 0 Å². The number of carbonyl (C=O) groups is 2. The average molecular weight is 1160 g/mol. The SMILES string of the molecule is CCCCCCC/C=C\CCCCCCCC(=O)OCCCCCCCCCCCCCC/C=C\CCCCCCCCCCCCCCCCC(=O)NC(CO)C(O)CCCCCCCCCCCCCCCCCCCCCCC. The Labute approximate surface area is 513 Å². The molecule has 0 saturated carbocycles. The van der Waals surface area contributed by atoms with Crippen LogP contribution in [0.2, 0.25) is 0 Å². The van der Waals surface area contributed by atoms with Gasteiger partial charge < -0.3 is 20.3 Å². The fourth-order valence-corrected chi connectivity index (χ4v) is 12.0. The van der Waals surface area contributed by atoms with E-state index in [2.05, 4.69) is 43.5 Å². The number of aliphatic hydroxyl groups excluding tert-OH is 2. The summed E-state index contributed by atoms with van der Waals surface area (Å²) in [6.07, 6.45) is 91.0. The molecule has 0 radical (unpaired) electrons. The van der Waals surface area contributed by atoms with Gasteiger partial charge >= 0.3 is 5.97 Å². The smallest absolute Gasteiger partial charge is 0.305 e. The van der Waals surface area contributed by atoms with E-state index in [4.69, 9.17) is 4.74 Å². The lowest BCUT2D eigenvalue weighted by Gasteiger charge is -2.22. The van der Waals surface area contributed by atoms with Crippen LogP contribution in [-0.4, -0.2) is 47.4 Å². The van der Waals surface area contributed by atoms with Crippen LogP contribution in [0.15, 0.2) is 24.3 Å². The van der Waals surface area contributed by atoms with Crippen molar-refractivity contribution < 1.29 is 24.5 Å². The molecule has 6 nitrogen and oxygen atoms in total. The molecule has 0 aromatic heterocycles. The highest BCUT2D eigenvalue weighted by molar-refractivity contribution is 5.76. The third-order valence-electron chi connectivity index (χ3n) is 17.7. The maximum absolute atomic E-state index is 12.6. The summed E-state index contributed by atoms with van der Waals surface area (Å²) in [5.74, 6) is -0.0192. The number of rotatable bonds is 71. The predicted molar refractivity (Wildman–Crippen MR) is 361 cm³/mol. The fraction of sp³-hybridized carbons (Fsp3) is 0.921. The van der Waals surface area contributed by atoms with Crippen molar-refractivity contribution in [3.8, 4) is 0 Å². The third kappa shape index (κ3) is 67.5. The van der Waals surface area contributed by atoms with Gasteiger partial charge in [0.05, 0.1) is 25.4 Å². The Hall–Kier alpha value is -1.66. The van der Waals surface area contributed by atoms with E-state index in [1.165, 1.54) is 347 Å². The molecule has 0 saturated heterocycles. The van der Waals surface area contributed by atoms with Gasteiger partial charge in [-0.3, -0.25) is 9.59 Å². The topological polar surface area (TPSA) is 95.9 Å². The number of amides is 1. The molecule has 2 atom stereocenters. The Kier molecular flexibility index (Phi) is 70.4. The van der Waals surface area contributed by atoms with E-state index >= 15 is 0 Å². The number of esters is 1. The Morgan fingerprint density at radius 3 is 0.866 bits per heavy atom. The van der Waals surface area contributed by atoms with E-state index in [-0.39, 0.29) is 18.5 Å². The van der Waals surface area contributed by atoms with Crippen LogP contribution < -0.4 is 5.32 Å². The first kappa shape index (κ1) is 80.3. The summed E-state index contributed by atoms with van der Waals surface area (Å²) < 4.78 is 5.49. The molecule has 0 spiro atoms. The van der Waals surface area contributed by atoms with Crippen LogP contribution in [0.3, 0.4) is 0 Å². The summed E-state index contributed by atoms with van der Waals surface area (Å²) in [5, 5.41) is 23.4. The Balaban J connectivity index is 3.37. The second-order valence-electron chi connectivity index (χ2n) is 26.0. The predicted octanol–water partition coefficient (Wildman–Crippen LogP) is 24.5. The van der Waals surface area contributed by atoms with E-state index in [1.807, 2.05) is 0 Å². The van der Waals surface area contributed by atoms with Crippen molar-refractivity contribution in [2.24, 2.45) is 0 Å². The van der Waals surface area contributed by atoms with Crippen LogP contribution in [0.25, 0.3) is 0 Å². The fourth-order valence-electron chi connectivity index (χ4n) is 12.0. The number of ether oxygens (including phenoxy) is 1. The molecule has 0 aliphatic carbocycles. The van der Waals surface area contributed by atoms with Crippen molar-refractivity contribution in [3.05, 3.63) is 24.3 Å². The van der Waals surface area contributed by atoms with Crippen molar-refractivity contribution in [3.63, 3.8) is 0 Å². The van der Waals surface area contributed by atoms with Crippen LogP contribution in [0, 0.1) is 0 Å². The normalized spacial score (nSPS) is 12.6. The van der Waals surface area contributed by atoms with E-state index in [0.29, 0.717) is 25.9 Å². The highest BCUT2D eigenvalue weighted by atomic mass is 16.5. The molecule has 0 rings (SSSR count). The summed E-state index contributed by atoms with van der Waals surface area (Å²) in [6, 6.07) is -0.541. The summed E-state index contributed by atoms with van der Waals surface area (Å²) in [5.41, 5.74) is 0. The number of nitrogens with one attached hydrogen (secondary N) is 1. The minimum atomic E-state index is -0.664. The van der Waals surface area contributed by atoms with Gasteiger partial charge in [-0.2, -0.15) is 0 Å². The number of unbranched alkanes of at least 4 members (excludes halogenated alkanes) is 56. The molecule has 0 heterocycles. The third-order valence-corrected chi connectivity index (χ3v) is 17.7. The van der Waals surface area contributed by atoms with Gasteiger partial charge in [0.2, 0.25) is 5.91 Å². The van der Waals surface area contributed by atoms with Crippen LogP contribution in [-0.2, 0) is 14.3 Å². The monoisotopic (exact) mass is 1150 g/mol. The Morgan fingerprint density at radius 2 is 0.573 bits per heavy atom. The van der Waals surface area contributed by atoms with Gasteiger partial charge in [0, 0.05) is 12.8 Å². The van der Waals surface area contributed by atoms with Gasteiger partial charge in [0.15, 0.2) is 0 Å². The van der Waals surface area contributed by atoms with Gasteiger partial charge in [0.25, 0.3) is 0 Å². The highest BCUT2D eigenvalue weighted by Crippen LogP contribution is 2.19. The van der Waals surface area contributed by atoms with Gasteiger partial charge in [-0.25, -0.2) is 0 Å². The lowest BCUT2D eigenvalue weighted by atomic mass is 10.0. The average Bonchev–Trinajstić information content (AvgIpc) is 3.48. The van der Waals surface area contributed by atoms with Crippen molar-refractivity contribution in [1.29, 1.82) is 0 Å². The van der Waals surface area contributed by atoms with Crippen molar-refractivity contribution in [2.45, 2.75) is 437 Å². The summed E-state index contributed by atoms with van der Waals surface area (Å²) in [7, 11) is 0. The first-order chi connectivity index (χ1) is 40.5. The van der Waals surface area contributed by atoms with E-state index in [0.717, 1.165) is 44.9 Å². The van der Waals surface area contributed by atoms with Crippen LogP contribution in [0.1, 0.15) is 425 Å². The molecule has 1 amide bonds. The van der Waals surface area contributed by atoms with E-state index in [9.17, 15) is 19.8 Å². The quantitative estimate of drug-likeness (QED) is 0.0320. The lowest BCUT2D eigenvalue weighted by Crippen LogP contribution is -2.45. The van der Waals surface area contributed by atoms with E-state index in [1.54, 1.807) is 0 Å². The van der Waals surface area contributed by atoms with E-state index < -0.39 is 12.1 Å². The van der Waals surface area contributed by atoms with Crippen molar-refractivity contribution in [2.75, 3.05) is 13.2 Å². The molecule has 486 valence electrons. The molecule has 2 unspecified atom stereocenters. The summed E-state index contributed by atoms with van der Waals surface area (Å²) >= 11 is 0. The molecule has 0 aliphatic rings. The zero-order valence-electron chi connectivity index (χ0n) is 55.8. The maximum atomic E-state index is 12.6. The zero-order valence-corrected chi connectivity index (χ0v) is 55.8. The molecule has 0 aromatic carbocycles. The number of hydrogen-bond donors (Lipinski definition) is 3. The zero-order chi connectivity index (χ0) is 59.2. The molecule has 6 heteroatoms. The molecular weight excluding hydrogens is 1010 g/mol. The lowest BCUT2D eigenvalue weighted by molar-refractivity contribution is -0.143. The minimum absolute atomic E-state index is 0.00940. The Morgan fingerprint density at radius 1 is 0.329 bits per heavy atom. The first-order valence-electron chi connectivity index (χ1n) is 37.6. The maximum Gasteiger partial charge on any atom is 0.305 e. The molecule has 82 heavy (non-hydrogen) atoms. The number of allylic oxidation sites excluding steroid dienone is 4. The molecule has 0 aliphatic heterocycles. The van der Waals surface area contributed by atoms with Crippen molar-refractivity contribution in [1.82, 2.24) is 5.32 Å². The summed E-state index contributed by atoms with van der Waals surface area (Å²) in [6.45, 7) is 4.98. The number of hydrogen-bond acceptors (Lipinski definition) is 5. The Bertz CT molecular complexity index is 1280. The molecule has 0 fully saturated rings. The largest absolute Gasteiger partial charge is 0.466 e. The number of carbonyl (C=O) groups excluding carboxylic acids is 2. The van der Waals surface area contributed by atoms with Crippen molar-refractivity contribution >= 4 is 11.9 Å². The molecule has 3 N–H and O–H groups in total. The minimum Gasteiger partial charge on any atom is -0.466 e. The first-order valence-corrected chi connectivity index (χ1v) is 37.6. The second kappa shape index (κ2) is 71.8. The summed E-state index contributed by atoms with van der Waals surface area (Å²) in [4.78, 5) is 24.6. The molecule has 0 bridgehead atoms. The van der Waals surface area contributed by atoms with Gasteiger partial charge in [-0.1, -0.05) is 359 Å². The van der Waals surface area contributed by atoms with Gasteiger partial charge in [0.1, 0.15) is 0 Å².